The second-order valence-corrected chi connectivity index (χ2v) is 2.53. The van der Waals surface area contributed by atoms with E-state index in [2.05, 4.69) is 4.98 Å². The number of rotatable bonds is 0. The third kappa shape index (κ3) is 1.11. The van der Waals surface area contributed by atoms with Crippen LogP contribution in [-0.4, -0.2) is 9.38 Å². The molecule has 0 aromatic carbocycles. The molecule has 2 rings (SSSR count). The molecule has 0 aliphatic carbocycles. The van der Waals surface area contributed by atoms with E-state index >= 15 is 0 Å². The largest absolute Gasteiger partial charge is 0.304 e. The molecule has 4 nitrogen and oxygen atoms in total. The van der Waals surface area contributed by atoms with Crippen LogP contribution >= 0.6 is 0 Å². The van der Waals surface area contributed by atoms with Crippen LogP contribution in [-0.2, 0) is 0 Å². The average molecular weight is 168 g/mol. The Morgan fingerprint density at radius 2 is 2.00 bits per heavy atom. The summed E-state index contributed by atoms with van der Waals surface area (Å²) in [5.41, 5.74) is 1.58. The normalized spacial score (nSPS) is 9.38. The number of nitriles is 2. The summed E-state index contributed by atoms with van der Waals surface area (Å²) >= 11 is 0. The Morgan fingerprint density at radius 1 is 1.15 bits per heavy atom. The van der Waals surface area contributed by atoms with Gasteiger partial charge in [-0.15, -0.1) is 0 Å². The van der Waals surface area contributed by atoms with E-state index in [1.807, 2.05) is 12.1 Å². The monoisotopic (exact) mass is 168 g/mol. The fourth-order valence-electron chi connectivity index (χ4n) is 1.11. The molecule has 0 fully saturated rings. The number of imidazole rings is 1. The van der Waals surface area contributed by atoms with Gasteiger partial charge in [-0.2, -0.15) is 10.5 Å². The first-order valence-corrected chi connectivity index (χ1v) is 3.62. The van der Waals surface area contributed by atoms with Gasteiger partial charge in [0.2, 0.25) is 0 Å². The molecule has 13 heavy (non-hydrogen) atoms. The molecule has 0 radical (unpaired) electrons. The van der Waals surface area contributed by atoms with Crippen molar-refractivity contribution in [3.05, 3.63) is 35.8 Å². The van der Waals surface area contributed by atoms with Gasteiger partial charge in [0.25, 0.3) is 0 Å². The van der Waals surface area contributed by atoms with Crippen LogP contribution in [0.4, 0.5) is 0 Å². The summed E-state index contributed by atoms with van der Waals surface area (Å²) in [5.74, 6) is 0. The van der Waals surface area contributed by atoms with Crippen LogP contribution in [0.3, 0.4) is 0 Å². The predicted molar refractivity (Wildman–Crippen MR) is 44.6 cm³/mol. The van der Waals surface area contributed by atoms with Crippen LogP contribution in [0.5, 0.6) is 0 Å². The van der Waals surface area contributed by atoms with E-state index in [-0.39, 0.29) is 0 Å². The average Bonchev–Trinajstić information content (AvgIpc) is 2.58. The van der Waals surface area contributed by atoms with E-state index in [9.17, 15) is 0 Å². The Hall–Kier alpha value is -2.33. The lowest BCUT2D eigenvalue weighted by atomic mass is 10.3. The molecule has 2 heterocycles. The molecule has 0 amide bonds. The zero-order valence-electron chi connectivity index (χ0n) is 6.60. The van der Waals surface area contributed by atoms with Gasteiger partial charge in [0.05, 0.1) is 5.56 Å². The molecule has 0 aliphatic rings. The lowest BCUT2D eigenvalue weighted by Crippen LogP contribution is -1.83. The highest BCUT2D eigenvalue weighted by molar-refractivity contribution is 5.45. The van der Waals surface area contributed by atoms with Gasteiger partial charge in [0.1, 0.15) is 17.8 Å². The molecule has 4 heteroatoms. The summed E-state index contributed by atoms with van der Waals surface area (Å²) in [4.78, 5) is 4.00. The molecular weight excluding hydrogens is 164 g/mol. The molecule has 0 saturated heterocycles. The second-order valence-electron chi connectivity index (χ2n) is 2.53. The lowest BCUT2D eigenvalue weighted by molar-refractivity contribution is 1.17. The highest BCUT2D eigenvalue weighted by atomic mass is 15.0. The number of nitrogens with zero attached hydrogens (tertiary/aromatic N) is 4. The molecule has 0 bridgehead atoms. The number of pyridine rings is 1. The molecule has 2 aromatic heterocycles. The van der Waals surface area contributed by atoms with Crippen molar-refractivity contribution in [3.63, 3.8) is 0 Å². The van der Waals surface area contributed by atoms with Crippen LogP contribution in [0.2, 0.25) is 0 Å². The van der Waals surface area contributed by atoms with Crippen LogP contribution in [0.15, 0.2) is 24.5 Å². The van der Waals surface area contributed by atoms with Crippen molar-refractivity contribution in [1.82, 2.24) is 9.38 Å². The fraction of sp³-hybridized carbons (Fsp3) is 0. The minimum atomic E-state index is 0.357. The molecular formula is C9H4N4. The third-order valence-corrected chi connectivity index (χ3v) is 1.69. The van der Waals surface area contributed by atoms with E-state index in [0.29, 0.717) is 16.9 Å². The van der Waals surface area contributed by atoms with Gasteiger partial charge in [-0.1, -0.05) is 0 Å². The smallest absolute Gasteiger partial charge is 0.159 e. The molecule has 0 saturated carbocycles. The van der Waals surface area contributed by atoms with Crippen molar-refractivity contribution in [2.45, 2.75) is 0 Å². The summed E-state index contributed by atoms with van der Waals surface area (Å²) in [6, 6.07) is 7.33. The van der Waals surface area contributed by atoms with Crippen molar-refractivity contribution in [3.8, 4) is 12.1 Å². The zero-order valence-corrected chi connectivity index (χ0v) is 6.60. The van der Waals surface area contributed by atoms with E-state index in [1.54, 1.807) is 28.9 Å². The molecule has 2 aromatic rings. The Bertz CT molecular complexity index is 527. The number of hydrogen-bond donors (Lipinski definition) is 0. The highest BCUT2D eigenvalue weighted by Crippen LogP contribution is 2.06. The third-order valence-electron chi connectivity index (χ3n) is 1.69. The minimum Gasteiger partial charge on any atom is -0.304 e. The first-order chi connectivity index (χ1) is 6.33. The summed E-state index contributed by atoms with van der Waals surface area (Å²) in [7, 11) is 0. The van der Waals surface area contributed by atoms with Crippen LogP contribution in [0.1, 0.15) is 11.3 Å². The first-order valence-electron chi connectivity index (χ1n) is 3.62. The molecule has 0 spiro atoms. The van der Waals surface area contributed by atoms with Crippen molar-refractivity contribution in [1.29, 1.82) is 10.5 Å². The first kappa shape index (κ1) is 7.33. The number of fused-ring (bicyclic) bond motifs is 1. The standard InChI is InChI=1S/C9H4N4/c10-3-7-1-2-9-12-8(4-11)6-13(9)5-7/h1-2,5-6H. The van der Waals surface area contributed by atoms with Crippen molar-refractivity contribution >= 4 is 5.65 Å². The number of aromatic nitrogens is 2. The van der Waals surface area contributed by atoms with Gasteiger partial charge in [-0.25, -0.2) is 4.98 Å². The summed E-state index contributed by atoms with van der Waals surface area (Å²) in [6.45, 7) is 0. The Morgan fingerprint density at radius 3 is 2.69 bits per heavy atom. The molecule has 0 atom stereocenters. The van der Waals surface area contributed by atoms with Crippen LogP contribution in [0.25, 0.3) is 5.65 Å². The van der Waals surface area contributed by atoms with Gasteiger partial charge in [-0.05, 0) is 12.1 Å². The SMILES string of the molecule is N#Cc1ccc2nc(C#N)cn2c1. The maximum Gasteiger partial charge on any atom is 0.159 e. The Labute approximate surface area is 74.3 Å². The molecule has 0 aliphatic heterocycles. The van der Waals surface area contributed by atoms with E-state index in [4.69, 9.17) is 10.5 Å². The van der Waals surface area contributed by atoms with Crippen LogP contribution < -0.4 is 0 Å². The molecule has 60 valence electrons. The van der Waals surface area contributed by atoms with Crippen molar-refractivity contribution in [2.24, 2.45) is 0 Å². The van der Waals surface area contributed by atoms with E-state index in [1.165, 1.54) is 0 Å². The highest BCUT2D eigenvalue weighted by Gasteiger charge is 2.00. The minimum absolute atomic E-state index is 0.357. The van der Waals surface area contributed by atoms with Crippen LogP contribution in [0, 0.1) is 22.7 Å². The lowest BCUT2D eigenvalue weighted by Gasteiger charge is -1.91. The predicted octanol–water partition coefficient (Wildman–Crippen LogP) is 1.08. The fourth-order valence-corrected chi connectivity index (χ4v) is 1.11. The molecule has 0 N–H and O–H groups in total. The maximum atomic E-state index is 8.61. The summed E-state index contributed by atoms with van der Waals surface area (Å²) in [6.07, 6.45) is 3.24. The second kappa shape index (κ2) is 2.62. The van der Waals surface area contributed by atoms with Gasteiger partial charge >= 0.3 is 0 Å². The van der Waals surface area contributed by atoms with Gasteiger partial charge in [0.15, 0.2) is 5.69 Å². The van der Waals surface area contributed by atoms with E-state index < -0.39 is 0 Å². The maximum absolute atomic E-state index is 8.61. The van der Waals surface area contributed by atoms with Gasteiger partial charge in [-0.3, -0.25) is 0 Å². The molecule has 0 unspecified atom stereocenters. The zero-order chi connectivity index (χ0) is 9.26. The van der Waals surface area contributed by atoms with E-state index in [0.717, 1.165) is 0 Å². The summed E-state index contributed by atoms with van der Waals surface area (Å²) in [5, 5.41) is 17.2. The topological polar surface area (TPSA) is 64.9 Å². The van der Waals surface area contributed by atoms with Gasteiger partial charge < -0.3 is 4.40 Å². The van der Waals surface area contributed by atoms with Crippen molar-refractivity contribution < 1.29 is 0 Å². The van der Waals surface area contributed by atoms with Crippen molar-refractivity contribution in [2.75, 3.05) is 0 Å². The Balaban J connectivity index is 2.74. The number of hydrogen-bond acceptors (Lipinski definition) is 3. The Kier molecular flexibility index (Phi) is 1.47. The quantitative estimate of drug-likeness (QED) is 0.591. The van der Waals surface area contributed by atoms with Gasteiger partial charge in [0, 0.05) is 12.4 Å². The summed E-state index contributed by atoms with van der Waals surface area (Å²) < 4.78 is 1.66.